The molecule has 0 spiro atoms. The average Bonchev–Trinajstić information content (AvgIpc) is 3.23. The van der Waals surface area contributed by atoms with Crippen molar-refractivity contribution >= 4 is 46.4 Å². The molecule has 12 heteroatoms. The van der Waals surface area contributed by atoms with Crippen molar-refractivity contribution in [2.24, 2.45) is 0 Å². The number of carbonyl (C=O) groups is 1. The lowest BCUT2D eigenvalue weighted by Crippen LogP contribution is -2.12. The molecule has 0 saturated carbocycles. The summed E-state index contributed by atoms with van der Waals surface area (Å²) in [4.78, 5) is 12.3. The molecule has 5 nitrogen and oxygen atoms in total. The van der Waals surface area contributed by atoms with E-state index in [2.05, 4.69) is 10.4 Å². The summed E-state index contributed by atoms with van der Waals surface area (Å²) in [5.74, 6) is -0.865. The quantitative estimate of drug-likeness (QED) is 0.412. The summed E-state index contributed by atoms with van der Waals surface area (Å²) in [6.07, 6.45) is -6.26. The first-order chi connectivity index (χ1) is 13.7. The van der Waals surface area contributed by atoms with Gasteiger partial charge in [0.15, 0.2) is 5.76 Å². The van der Waals surface area contributed by atoms with Crippen LogP contribution < -0.4 is 5.32 Å². The zero-order chi connectivity index (χ0) is 21.3. The highest BCUT2D eigenvalue weighted by Gasteiger charge is 2.28. The summed E-state index contributed by atoms with van der Waals surface area (Å²) < 4.78 is 58.1. The van der Waals surface area contributed by atoms with Gasteiger partial charge in [0.25, 0.3) is 18.8 Å². The molecule has 1 amide bonds. The standard InChI is InChI=1S/C17H10Cl3F4N3O2/c18-8-2-1-3-9(19)12(8)25-17(28)10-5-4-7(29-10)6-27-14(16(23)24)11(20)13(26-27)15(21)22/h1-5,15-16H,6H2,(H,25,28). The van der Waals surface area contributed by atoms with Crippen LogP contribution in [0, 0.1) is 0 Å². The van der Waals surface area contributed by atoms with Crippen LogP contribution in [0.1, 0.15) is 40.6 Å². The van der Waals surface area contributed by atoms with Gasteiger partial charge in [0.05, 0.1) is 27.3 Å². The molecule has 1 N–H and O–H groups in total. The van der Waals surface area contributed by atoms with Crippen molar-refractivity contribution in [2.75, 3.05) is 5.32 Å². The first-order valence-electron chi connectivity index (χ1n) is 7.85. The summed E-state index contributed by atoms with van der Waals surface area (Å²) >= 11 is 17.6. The van der Waals surface area contributed by atoms with E-state index in [-0.39, 0.29) is 27.3 Å². The van der Waals surface area contributed by atoms with Crippen molar-refractivity contribution in [3.05, 3.63) is 68.3 Å². The predicted molar refractivity (Wildman–Crippen MR) is 99.4 cm³/mol. The Balaban J connectivity index is 1.82. The fourth-order valence-corrected chi connectivity index (χ4v) is 3.26. The smallest absolute Gasteiger partial charge is 0.291 e. The van der Waals surface area contributed by atoms with Gasteiger partial charge in [0.1, 0.15) is 17.1 Å². The van der Waals surface area contributed by atoms with Crippen LogP contribution in [0.2, 0.25) is 15.1 Å². The second-order valence-corrected chi connectivity index (χ2v) is 6.85. The molecule has 0 unspecified atom stereocenters. The maximum atomic E-state index is 13.2. The molecule has 0 radical (unpaired) electrons. The highest BCUT2D eigenvalue weighted by atomic mass is 35.5. The van der Waals surface area contributed by atoms with Crippen molar-refractivity contribution in [1.29, 1.82) is 0 Å². The van der Waals surface area contributed by atoms with E-state index < -0.39 is 41.7 Å². The molecule has 2 heterocycles. The largest absolute Gasteiger partial charge is 0.454 e. The number of alkyl halides is 4. The Morgan fingerprint density at radius 3 is 2.31 bits per heavy atom. The van der Waals surface area contributed by atoms with Gasteiger partial charge in [-0.25, -0.2) is 17.6 Å². The second kappa shape index (κ2) is 8.64. The maximum Gasteiger partial charge on any atom is 0.291 e. The first kappa shape index (κ1) is 21.5. The minimum Gasteiger partial charge on any atom is -0.454 e. The van der Waals surface area contributed by atoms with E-state index >= 15 is 0 Å². The molecule has 3 rings (SSSR count). The first-order valence-corrected chi connectivity index (χ1v) is 8.99. The molecule has 0 saturated heterocycles. The lowest BCUT2D eigenvalue weighted by atomic mass is 10.3. The monoisotopic (exact) mass is 469 g/mol. The molecule has 0 fully saturated rings. The number of rotatable bonds is 6. The van der Waals surface area contributed by atoms with Crippen LogP contribution in [-0.2, 0) is 6.54 Å². The Morgan fingerprint density at radius 1 is 1.07 bits per heavy atom. The van der Waals surface area contributed by atoms with Crippen LogP contribution in [0.15, 0.2) is 34.7 Å². The minimum atomic E-state index is -3.14. The van der Waals surface area contributed by atoms with Crippen LogP contribution in [-0.4, -0.2) is 15.7 Å². The second-order valence-electron chi connectivity index (χ2n) is 5.66. The Kier molecular flexibility index (Phi) is 6.40. The Morgan fingerprint density at radius 2 is 1.72 bits per heavy atom. The minimum absolute atomic E-state index is 0.0160. The molecule has 0 aliphatic heterocycles. The molecular weight excluding hydrogens is 461 g/mol. The summed E-state index contributed by atoms with van der Waals surface area (Å²) in [7, 11) is 0. The number of para-hydroxylation sites is 1. The highest BCUT2D eigenvalue weighted by molar-refractivity contribution is 6.40. The van der Waals surface area contributed by atoms with Gasteiger partial charge in [-0.15, -0.1) is 0 Å². The van der Waals surface area contributed by atoms with Gasteiger partial charge in [0, 0.05) is 0 Å². The zero-order valence-corrected chi connectivity index (χ0v) is 16.4. The molecule has 29 heavy (non-hydrogen) atoms. The van der Waals surface area contributed by atoms with E-state index in [0.717, 1.165) is 0 Å². The van der Waals surface area contributed by atoms with Gasteiger partial charge in [-0.1, -0.05) is 40.9 Å². The average molecular weight is 471 g/mol. The van der Waals surface area contributed by atoms with Crippen molar-refractivity contribution in [2.45, 2.75) is 19.4 Å². The Labute approximate surface area is 176 Å². The van der Waals surface area contributed by atoms with Gasteiger partial charge in [-0.05, 0) is 24.3 Å². The predicted octanol–water partition coefficient (Wildman–Crippen LogP) is 6.61. The van der Waals surface area contributed by atoms with Gasteiger partial charge in [0.2, 0.25) is 0 Å². The summed E-state index contributed by atoms with van der Waals surface area (Å²) in [5.41, 5.74) is -1.66. The van der Waals surface area contributed by atoms with E-state index in [1.165, 1.54) is 24.3 Å². The number of nitrogens with one attached hydrogen (secondary N) is 1. The van der Waals surface area contributed by atoms with Gasteiger partial charge in [-0.3, -0.25) is 9.48 Å². The number of hydrogen-bond donors (Lipinski definition) is 1. The van der Waals surface area contributed by atoms with Crippen LogP contribution in [0.4, 0.5) is 23.2 Å². The van der Waals surface area contributed by atoms with Gasteiger partial charge in [-0.2, -0.15) is 5.10 Å². The van der Waals surface area contributed by atoms with E-state index in [1.807, 2.05) is 0 Å². The number of amides is 1. The zero-order valence-electron chi connectivity index (χ0n) is 14.1. The van der Waals surface area contributed by atoms with Crippen molar-refractivity contribution in [3.63, 3.8) is 0 Å². The molecule has 154 valence electrons. The molecular formula is C17H10Cl3F4N3O2. The number of halogens is 7. The van der Waals surface area contributed by atoms with E-state index in [4.69, 9.17) is 39.2 Å². The summed E-state index contributed by atoms with van der Waals surface area (Å²) in [6, 6.07) is 7.22. The number of carbonyl (C=O) groups excluding carboxylic acids is 1. The molecule has 0 aliphatic carbocycles. The maximum absolute atomic E-state index is 13.2. The normalized spacial score (nSPS) is 11.5. The van der Waals surface area contributed by atoms with Crippen LogP contribution in [0.3, 0.4) is 0 Å². The lowest BCUT2D eigenvalue weighted by molar-refractivity contribution is 0.0994. The molecule has 2 aromatic heterocycles. The third-order valence-corrected chi connectivity index (χ3v) is 4.78. The molecule has 0 aliphatic rings. The Hall–Kier alpha value is -2.23. The molecule has 3 aromatic rings. The number of nitrogens with zero attached hydrogens (tertiary/aromatic N) is 2. The van der Waals surface area contributed by atoms with Gasteiger partial charge < -0.3 is 9.73 Å². The summed E-state index contributed by atoms with van der Waals surface area (Å²) in [5, 5.41) is 5.49. The van der Waals surface area contributed by atoms with Crippen LogP contribution in [0.5, 0.6) is 0 Å². The SMILES string of the molecule is O=C(Nc1c(Cl)cccc1Cl)c1ccc(Cn2nc(C(F)F)c(Cl)c2C(F)F)o1. The number of hydrogen-bond acceptors (Lipinski definition) is 3. The van der Waals surface area contributed by atoms with E-state index in [1.54, 1.807) is 6.07 Å². The topological polar surface area (TPSA) is 60.1 Å². The van der Waals surface area contributed by atoms with E-state index in [9.17, 15) is 22.4 Å². The molecule has 0 bridgehead atoms. The highest BCUT2D eigenvalue weighted by Crippen LogP contribution is 2.35. The van der Waals surface area contributed by atoms with Crippen LogP contribution >= 0.6 is 34.8 Å². The van der Waals surface area contributed by atoms with Gasteiger partial charge >= 0.3 is 0 Å². The Bertz CT molecular complexity index is 1030. The molecule has 1 aromatic carbocycles. The summed E-state index contributed by atoms with van der Waals surface area (Å²) in [6.45, 7) is -0.438. The third-order valence-electron chi connectivity index (χ3n) is 3.76. The van der Waals surface area contributed by atoms with Crippen molar-refractivity contribution < 1.29 is 26.8 Å². The number of furan rings is 1. The van der Waals surface area contributed by atoms with Crippen molar-refractivity contribution in [1.82, 2.24) is 9.78 Å². The fourth-order valence-electron chi connectivity index (χ4n) is 2.47. The third kappa shape index (κ3) is 4.52. The van der Waals surface area contributed by atoms with Crippen molar-refractivity contribution in [3.8, 4) is 0 Å². The number of benzene rings is 1. The molecule has 0 atom stereocenters. The van der Waals surface area contributed by atoms with Crippen LogP contribution in [0.25, 0.3) is 0 Å². The lowest BCUT2D eigenvalue weighted by Gasteiger charge is -2.07. The fraction of sp³-hybridized carbons (Fsp3) is 0.176. The number of anilines is 1. The van der Waals surface area contributed by atoms with E-state index in [0.29, 0.717) is 4.68 Å². The number of aromatic nitrogens is 2.